The van der Waals surface area contributed by atoms with E-state index in [0.717, 1.165) is 15.5 Å². The molecule has 4 nitrogen and oxygen atoms in total. The Morgan fingerprint density at radius 1 is 0.815 bits per heavy atom. The van der Waals surface area contributed by atoms with Gasteiger partial charge in [-0.25, -0.2) is 12.4 Å². The number of benzene rings is 3. The summed E-state index contributed by atoms with van der Waals surface area (Å²) in [6.07, 6.45) is 0. The third-order valence-electron chi connectivity index (χ3n) is 4.37. The van der Waals surface area contributed by atoms with Gasteiger partial charge in [-0.3, -0.25) is 0 Å². The first-order chi connectivity index (χ1) is 13.1. The zero-order chi connectivity index (χ0) is 18.9. The van der Waals surface area contributed by atoms with Gasteiger partial charge in [0.05, 0.1) is 22.7 Å². The molecule has 0 bridgehead atoms. The number of hydrogen-bond donors (Lipinski definition) is 1. The lowest BCUT2D eigenvalue weighted by Gasteiger charge is -2.13. The maximum atomic E-state index is 13.4. The Morgan fingerprint density at radius 3 is 2.11 bits per heavy atom. The van der Waals surface area contributed by atoms with Crippen LogP contribution in [-0.4, -0.2) is 12.4 Å². The van der Waals surface area contributed by atoms with Crippen molar-refractivity contribution in [2.24, 2.45) is 0 Å². The highest BCUT2D eigenvalue weighted by atomic mass is 79.9. The largest absolute Gasteiger partial charge is 0.379 e. The van der Waals surface area contributed by atoms with E-state index < -0.39 is 10.0 Å². The topological polar surface area (TPSA) is 51.1 Å². The number of fused-ring (bicyclic) bond motifs is 1. The number of rotatable bonds is 5. The van der Waals surface area contributed by atoms with Crippen LogP contribution < -0.4 is 5.32 Å². The Kier molecular flexibility index (Phi) is 4.76. The fraction of sp³-hybridized carbons (Fsp3) is 0.0476. The van der Waals surface area contributed by atoms with Crippen LogP contribution in [0.5, 0.6) is 0 Å². The molecule has 0 aliphatic heterocycles. The van der Waals surface area contributed by atoms with Gasteiger partial charge in [0.15, 0.2) is 0 Å². The molecule has 1 heterocycles. The summed E-state index contributed by atoms with van der Waals surface area (Å²) in [4.78, 5) is 0.263. The molecule has 0 unspecified atom stereocenters. The first kappa shape index (κ1) is 17.8. The van der Waals surface area contributed by atoms with Crippen LogP contribution in [0.1, 0.15) is 5.69 Å². The van der Waals surface area contributed by atoms with Crippen LogP contribution in [-0.2, 0) is 16.6 Å². The molecule has 0 radical (unpaired) electrons. The maximum absolute atomic E-state index is 13.4. The molecule has 1 aromatic heterocycles. The van der Waals surface area contributed by atoms with Crippen LogP contribution in [0.25, 0.3) is 10.9 Å². The van der Waals surface area contributed by atoms with E-state index in [2.05, 4.69) is 21.2 Å². The summed E-state index contributed by atoms with van der Waals surface area (Å²) in [5, 5.41) is 4.17. The SMILES string of the molecule is O=S(=O)(c1ccccc1)n1c(CNc2ccccc2)c(Br)c2ccccc21. The Hall–Kier alpha value is -2.57. The normalized spacial score (nSPS) is 11.6. The molecule has 0 spiro atoms. The van der Waals surface area contributed by atoms with Crippen LogP contribution in [0.3, 0.4) is 0 Å². The Balaban J connectivity index is 1.88. The van der Waals surface area contributed by atoms with Crippen LogP contribution in [0.2, 0.25) is 0 Å². The van der Waals surface area contributed by atoms with Gasteiger partial charge in [0, 0.05) is 15.5 Å². The van der Waals surface area contributed by atoms with Crippen molar-refractivity contribution in [3.05, 3.63) is 95.1 Å². The van der Waals surface area contributed by atoms with Gasteiger partial charge >= 0.3 is 0 Å². The van der Waals surface area contributed by atoms with E-state index in [9.17, 15) is 8.42 Å². The number of halogens is 1. The predicted molar refractivity (Wildman–Crippen MR) is 112 cm³/mol. The minimum atomic E-state index is -3.73. The molecular weight excluding hydrogens is 424 g/mol. The van der Waals surface area contributed by atoms with E-state index in [1.165, 1.54) is 3.97 Å². The predicted octanol–water partition coefficient (Wildman–Crippen LogP) is 5.25. The molecule has 0 saturated heterocycles. The quantitative estimate of drug-likeness (QED) is 0.460. The summed E-state index contributed by atoms with van der Waals surface area (Å²) in [6.45, 7) is 0.366. The molecule has 6 heteroatoms. The molecule has 0 amide bonds. The van der Waals surface area contributed by atoms with Crippen molar-refractivity contribution in [3.8, 4) is 0 Å². The van der Waals surface area contributed by atoms with Gasteiger partial charge in [0.1, 0.15) is 0 Å². The van der Waals surface area contributed by atoms with E-state index in [-0.39, 0.29) is 4.90 Å². The second-order valence-corrected chi connectivity index (χ2v) is 8.66. The van der Waals surface area contributed by atoms with Gasteiger partial charge in [-0.05, 0) is 46.3 Å². The average Bonchev–Trinajstić information content (AvgIpc) is 3.00. The number of hydrogen-bond acceptors (Lipinski definition) is 3. The summed E-state index contributed by atoms with van der Waals surface area (Å²) in [5.74, 6) is 0. The molecule has 136 valence electrons. The van der Waals surface area contributed by atoms with Crippen molar-refractivity contribution in [1.82, 2.24) is 3.97 Å². The van der Waals surface area contributed by atoms with Crippen LogP contribution in [0.4, 0.5) is 5.69 Å². The first-order valence-corrected chi connectivity index (χ1v) is 10.7. The number of aromatic nitrogens is 1. The van der Waals surface area contributed by atoms with E-state index in [4.69, 9.17) is 0 Å². The van der Waals surface area contributed by atoms with Gasteiger partial charge < -0.3 is 5.32 Å². The number of nitrogens with one attached hydrogen (secondary N) is 1. The minimum absolute atomic E-state index is 0.263. The van der Waals surface area contributed by atoms with Gasteiger partial charge in [0.25, 0.3) is 10.0 Å². The van der Waals surface area contributed by atoms with Crippen molar-refractivity contribution in [3.63, 3.8) is 0 Å². The van der Waals surface area contributed by atoms with Crippen LogP contribution in [0, 0.1) is 0 Å². The molecule has 0 fully saturated rings. The first-order valence-electron chi connectivity index (χ1n) is 8.46. The van der Waals surface area contributed by atoms with Crippen LogP contribution >= 0.6 is 15.9 Å². The molecule has 27 heavy (non-hydrogen) atoms. The monoisotopic (exact) mass is 440 g/mol. The van der Waals surface area contributed by atoms with Gasteiger partial charge in [-0.15, -0.1) is 0 Å². The number of nitrogens with zero attached hydrogens (tertiary/aromatic N) is 1. The summed E-state index contributed by atoms with van der Waals surface area (Å²) in [5.41, 5.74) is 2.24. The molecule has 0 saturated carbocycles. The highest BCUT2D eigenvalue weighted by Crippen LogP contribution is 2.34. The Labute approximate surface area is 166 Å². The minimum Gasteiger partial charge on any atom is -0.379 e. The molecule has 0 atom stereocenters. The summed E-state index contributed by atoms with van der Waals surface area (Å²) in [6, 6.07) is 25.7. The van der Waals surface area contributed by atoms with Crippen molar-refractivity contribution in [2.75, 3.05) is 5.32 Å². The van der Waals surface area contributed by atoms with E-state index >= 15 is 0 Å². The van der Waals surface area contributed by atoms with Gasteiger partial charge in [-0.2, -0.15) is 0 Å². The Bertz CT molecular complexity index is 1190. The molecule has 0 aliphatic rings. The lowest BCUT2D eigenvalue weighted by molar-refractivity contribution is 0.587. The summed E-state index contributed by atoms with van der Waals surface area (Å²) >= 11 is 3.62. The maximum Gasteiger partial charge on any atom is 0.268 e. The third-order valence-corrected chi connectivity index (χ3v) is 7.02. The van der Waals surface area contributed by atoms with E-state index in [0.29, 0.717) is 17.8 Å². The zero-order valence-corrected chi connectivity index (χ0v) is 16.7. The average molecular weight is 441 g/mol. The smallest absolute Gasteiger partial charge is 0.268 e. The molecule has 4 rings (SSSR count). The van der Waals surface area contributed by atoms with E-state index in [1.54, 1.807) is 30.3 Å². The molecule has 0 aliphatic carbocycles. The lowest BCUT2D eigenvalue weighted by Crippen LogP contribution is -2.17. The van der Waals surface area contributed by atoms with Crippen molar-refractivity contribution >= 4 is 42.5 Å². The van der Waals surface area contributed by atoms with Gasteiger partial charge in [0.2, 0.25) is 0 Å². The highest BCUT2D eigenvalue weighted by molar-refractivity contribution is 9.10. The fourth-order valence-electron chi connectivity index (χ4n) is 3.09. The van der Waals surface area contributed by atoms with Crippen molar-refractivity contribution < 1.29 is 8.42 Å². The third kappa shape index (κ3) is 3.26. The number of anilines is 1. The summed E-state index contributed by atoms with van der Waals surface area (Å²) in [7, 11) is -3.73. The zero-order valence-electron chi connectivity index (χ0n) is 14.3. The molecular formula is C21H17BrN2O2S. The highest BCUT2D eigenvalue weighted by Gasteiger charge is 2.25. The summed E-state index contributed by atoms with van der Waals surface area (Å²) < 4.78 is 29.0. The molecule has 3 aromatic carbocycles. The molecule has 1 N–H and O–H groups in total. The van der Waals surface area contributed by atoms with Crippen LogP contribution in [0.15, 0.2) is 94.3 Å². The molecule has 4 aromatic rings. The standard InChI is InChI=1S/C21H17BrN2O2S/c22-21-18-13-7-8-14-19(18)24(27(25,26)17-11-5-2-6-12-17)20(21)15-23-16-9-3-1-4-10-16/h1-14,23H,15H2. The van der Waals surface area contributed by atoms with Gasteiger partial charge in [-0.1, -0.05) is 54.6 Å². The Morgan fingerprint density at radius 2 is 1.41 bits per heavy atom. The second kappa shape index (κ2) is 7.21. The van der Waals surface area contributed by atoms with Crippen molar-refractivity contribution in [1.29, 1.82) is 0 Å². The second-order valence-electron chi connectivity index (χ2n) is 6.08. The number of para-hydroxylation sites is 2. The fourth-order valence-corrected chi connectivity index (χ4v) is 5.44. The van der Waals surface area contributed by atoms with E-state index in [1.807, 2.05) is 54.6 Å². The van der Waals surface area contributed by atoms with Crippen molar-refractivity contribution in [2.45, 2.75) is 11.4 Å². The lowest BCUT2D eigenvalue weighted by atomic mass is 10.2.